The smallest absolute Gasteiger partial charge is 0.292 e. The molecule has 0 amide bonds. The fourth-order valence-electron chi connectivity index (χ4n) is 10.9. The Morgan fingerprint density at radius 2 is 1.29 bits per heavy atom. The summed E-state index contributed by atoms with van der Waals surface area (Å²) in [6.45, 7) is 36.0. The molecule has 4 saturated carbocycles. The molecule has 0 radical (unpaired) electrons. The van der Waals surface area contributed by atoms with E-state index < -0.39 is 33.3 Å². The fraction of sp³-hybridized carbons (Fsp3) is 0.975. The van der Waals surface area contributed by atoms with Crippen LogP contribution in [0.1, 0.15) is 106 Å². The second-order valence-corrected chi connectivity index (χ2v) is 38.1. The van der Waals surface area contributed by atoms with Crippen molar-refractivity contribution >= 4 is 39.2 Å². The summed E-state index contributed by atoms with van der Waals surface area (Å²) in [5, 5.41) is 0. The molecule has 0 bridgehead atoms. The summed E-state index contributed by atoms with van der Waals surface area (Å²) in [6, 6.07) is 4.48. The topological polar surface area (TPSA) is 54.0 Å². The monoisotopic (exact) mass is 753 g/mol. The molecule has 0 saturated heterocycles. The summed E-state index contributed by atoms with van der Waals surface area (Å²) in [6.07, 6.45) is 11.1. The van der Waals surface area contributed by atoms with Crippen molar-refractivity contribution in [3.63, 3.8) is 0 Å². The van der Waals surface area contributed by atoms with Gasteiger partial charge in [-0.05, 0) is 174 Å². The lowest BCUT2D eigenvalue weighted by molar-refractivity contribution is -0.199. The SMILES string of the molecule is CC[Si](C)(C)OC(=O)CCC(C)C1CCC2C3C(O[Si](C)(C)CC)CC4C[C@H](O[Si](C)(C)CC)CCC4(C)C3C[C@H](O[Si](C)(C)CC)C12C. The van der Waals surface area contributed by atoms with Crippen molar-refractivity contribution in [1.29, 1.82) is 0 Å². The van der Waals surface area contributed by atoms with Gasteiger partial charge in [-0.3, -0.25) is 4.79 Å². The highest BCUT2D eigenvalue weighted by molar-refractivity contribution is 6.72. The van der Waals surface area contributed by atoms with E-state index in [-0.39, 0.29) is 17.5 Å². The van der Waals surface area contributed by atoms with Gasteiger partial charge in [-0.1, -0.05) is 48.5 Å². The molecular formula is C40H80O5Si4. The molecule has 286 valence electrons. The molecule has 0 spiro atoms. The Balaban J connectivity index is 1.70. The van der Waals surface area contributed by atoms with E-state index in [1.54, 1.807) is 0 Å². The molecule has 4 aliphatic rings. The zero-order valence-corrected chi connectivity index (χ0v) is 38.9. The maximum absolute atomic E-state index is 13.0. The van der Waals surface area contributed by atoms with Crippen molar-refractivity contribution in [2.24, 2.45) is 46.3 Å². The molecule has 11 atom stereocenters. The van der Waals surface area contributed by atoms with Crippen LogP contribution in [0.3, 0.4) is 0 Å². The first-order valence-corrected chi connectivity index (χ1v) is 33.3. The van der Waals surface area contributed by atoms with Gasteiger partial charge in [0.2, 0.25) is 8.32 Å². The lowest BCUT2D eigenvalue weighted by Gasteiger charge is -2.66. The minimum absolute atomic E-state index is 0.0251. The Hall–Kier alpha value is 0.218. The summed E-state index contributed by atoms with van der Waals surface area (Å²) in [5.41, 5.74) is 0.408. The van der Waals surface area contributed by atoms with Crippen LogP contribution in [0, 0.1) is 46.3 Å². The largest absolute Gasteiger partial charge is 0.520 e. The van der Waals surface area contributed by atoms with Crippen molar-refractivity contribution < 1.29 is 22.5 Å². The van der Waals surface area contributed by atoms with Crippen molar-refractivity contribution in [3.8, 4) is 0 Å². The number of fused-ring (bicyclic) bond motifs is 5. The summed E-state index contributed by atoms with van der Waals surface area (Å²) in [4.78, 5) is 13.0. The third-order valence-corrected chi connectivity index (χ3v) is 25.9. The second-order valence-electron chi connectivity index (χ2n) is 20.2. The molecule has 4 fully saturated rings. The van der Waals surface area contributed by atoms with Crippen LogP contribution in [-0.2, 0) is 22.5 Å². The van der Waals surface area contributed by atoms with Crippen molar-refractivity contribution in [3.05, 3.63) is 0 Å². The van der Waals surface area contributed by atoms with Gasteiger partial charge in [0, 0.05) is 18.6 Å². The van der Waals surface area contributed by atoms with E-state index >= 15 is 0 Å². The second kappa shape index (κ2) is 15.5. The molecule has 0 aliphatic heterocycles. The van der Waals surface area contributed by atoms with Crippen LogP contribution in [0.25, 0.3) is 0 Å². The average Bonchev–Trinajstić information content (AvgIpc) is 3.38. The quantitative estimate of drug-likeness (QED) is 0.156. The Labute approximate surface area is 308 Å². The van der Waals surface area contributed by atoms with Gasteiger partial charge in [0.1, 0.15) is 0 Å². The number of rotatable bonds is 15. The highest BCUT2D eigenvalue weighted by Gasteiger charge is 2.67. The van der Waals surface area contributed by atoms with Crippen LogP contribution < -0.4 is 0 Å². The van der Waals surface area contributed by atoms with E-state index in [9.17, 15) is 4.79 Å². The third kappa shape index (κ3) is 9.13. The lowest BCUT2D eigenvalue weighted by Crippen LogP contribution is -2.65. The molecule has 0 heterocycles. The minimum atomic E-state index is -1.90. The van der Waals surface area contributed by atoms with E-state index in [4.69, 9.17) is 17.7 Å². The van der Waals surface area contributed by atoms with Crippen molar-refractivity contribution in [2.75, 3.05) is 0 Å². The predicted octanol–water partition coefficient (Wildman–Crippen LogP) is 11.9. The van der Waals surface area contributed by atoms with E-state index in [0.29, 0.717) is 59.6 Å². The number of carbonyl (C=O) groups excluding carboxylic acids is 1. The molecule has 9 unspecified atom stereocenters. The third-order valence-electron chi connectivity index (χ3n) is 15.5. The first kappa shape index (κ1) is 42.0. The fourth-order valence-corrected chi connectivity index (χ4v) is 15.6. The van der Waals surface area contributed by atoms with Gasteiger partial charge < -0.3 is 17.7 Å². The first-order valence-electron chi connectivity index (χ1n) is 20.8. The Kier molecular flexibility index (Phi) is 13.3. The zero-order chi connectivity index (χ0) is 36.8. The normalized spacial score (nSPS) is 37.6. The van der Waals surface area contributed by atoms with Gasteiger partial charge >= 0.3 is 0 Å². The number of carbonyl (C=O) groups is 1. The first-order chi connectivity index (χ1) is 22.6. The number of hydrogen-bond donors (Lipinski definition) is 0. The van der Waals surface area contributed by atoms with Crippen LogP contribution in [-0.4, -0.2) is 57.6 Å². The van der Waals surface area contributed by atoms with Gasteiger partial charge in [0.05, 0.1) is 6.10 Å². The van der Waals surface area contributed by atoms with Gasteiger partial charge in [-0.25, -0.2) is 0 Å². The molecule has 0 aromatic heterocycles. The van der Waals surface area contributed by atoms with Gasteiger partial charge in [-0.15, -0.1) is 0 Å². The molecule has 5 nitrogen and oxygen atoms in total. The summed E-state index contributed by atoms with van der Waals surface area (Å²) >= 11 is 0. The van der Waals surface area contributed by atoms with Crippen LogP contribution in [0.2, 0.25) is 76.6 Å². The Morgan fingerprint density at radius 1 is 0.714 bits per heavy atom. The van der Waals surface area contributed by atoms with Crippen molar-refractivity contribution in [2.45, 2.75) is 201 Å². The van der Waals surface area contributed by atoms with Gasteiger partial charge in [0.25, 0.3) is 5.97 Å². The zero-order valence-electron chi connectivity index (χ0n) is 34.9. The van der Waals surface area contributed by atoms with E-state index in [1.807, 2.05) is 0 Å². The minimum Gasteiger partial charge on any atom is -0.520 e. The van der Waals surface area contributed by atoms with Gasteiger partial charge in [0.15, 0.2) is 25.0 Å². The number of hydrogen-bond acceptors (Lipinski definition) is 5. The van der Waals surface area contributed by atoms with Crippen LogP contribution in [0.5, 0.6) is 0 Å². The molecule has 9 heteroatoms. The summed E-state index contributed by atoms with van der Waals surface area (Å²) < 4.78 is 28.1. The Bertz CT molecular complexity index is 1130. The highest BCUT2D eigenvalue weighted by atomic mass is 28.4. The maximum Gasteiger partial charge on any atom is 0.292 e. The summed E-state index contributed by atoms with van der Waals surface area (Å²) in [7, 11) is -7.16. The highest BCUT2D eigenvalue weighted by Crippen LogP contribution is 2.70. The van der Waals surface area contributed by atoms with Crippen LogP contribution in [0.15, 0.2) is 0 Å². The van der Waals surface area contributed by atoms with Crippen LogP contribution >= 0.6 is 0 Å². The van der Waals surface area contributed by atoms with Crippen LogP contribution in [0.4, 0.5) is 0 Å². The molecule has 0 aromatic rings. The molecule has 0 N–H and O–H groups in total. The molecular weight excluding hydrogens is 673 g/mol. The van der Waals surface area contributed by atoms with Gasteiger partial charge in [-0.2, -0.15) is 0 Å². The van der Waals surface area contributed by atoms with Crippen molar-refractivity contribution in [1.82, 2.24) is 0 Å². The summed E-state index contributed by atoms with van der Waals surface area (Å²) in [5.74, 6) is 3.53. The average molecular weight is 753 g/mol. The molecule has 49 heavy (non-hydrogen) atoms. The molecule has 4 aliphatic carbocycles. The standard InChI is InChI=1S/C40H80O5Si4/c1-16-46(8,9)42-31-24-25-39(6)30(26-31)27-35(43-47(10,11)17-2)38-33-22-21-32(29(5)20-23-37(41)45-49(14,15)19-4)40(33,7)36(28-34(38)39)44-48(12,13)18-3/h29-36,38H,16-28H2,1-15H3/t29?,30?,31-,32?,33?,34?,35?,36+,38?,39?,40?/m1/s1. The van der Waals surface area contributed by atoms with E-state index in [1.165, 1.54) is 57.0 Å². The predicted molar refractivity (Wildman–Crippen MR) is 217 cm³/mol. The lowest BCUT2D eigenvalue weighted by atomic mass is 9.43. The maximum atomic E-state index is 13.0. The Morgan fingerprint density at radius 3 is 1.88 bits per heavy atom. The van der Waals surface area contributed by atoms with E-state index in [0.717, 1.165) is 18.5 Å². The molecule has 4 rings (SSSR count). The molecule has 0 aromatic carbocycles. The van der Waals surface area contributed by atoms with E-state index in [2.05, 4.69) is 101 Å².